The molecule has 1 N–H and O–H groups in total. The van der Waals surface area contributed by atoms with Gasteiger partial charge in [0.05, 0.1) is 0 Å². The molecular weight excluding hydrogens is 225 g/mol. The number of benzene rings is 1. The highest BCUT2D eigenvalue weighted by Gasteiger charge is 2.38. The molecule has 1 aromatic carbocycles. The minimum Gasteiger partial charge on any atom is -0.316 e. The van der Waals surface area contributed by atoms with E-state index in [1.165, 1.54) is 18.6 Å². The molecule has 0 amide bonds. The maximum atomic E-state index is 12.9. The molecule has 1 nitrogen and oxygen atoms in total. The normalized spacial score (nSPS) is 23.4. The molecule has 3 heteroatoms. The third-order valence-electron chi connectivity index (χ3n) is 3.12. The Morgan fingerprint density at radius 1 is 1.50 bits per heavy atom. The summed E-state index contributed by atoms with van der Waals surface area (Å²) in [5, 5.41) is 3.98. The lowest BCUT2D eigenvalue weighted by molar-refractivity contribution is 0.617. The van der Waals surface area contributed by atoms with Crippen molar-refractivity contribution in [2.24, 2.45) is 5.92 Å². The van der Waals surface area contributed by atoms with Gasteiger partial charge in [0, 0.05) is 5.02 Å². The summed E-state index contributed by atoms with van der Waals surface area (Å²) in [7, 11) is 0. The average Bonchev–Trinajstić information content (AvgIpc) is 2.98. The summed E-state index contributed by atoms with van der Waals surface area (Å²) in [4.78, 5) is 0. The van der Waals surface area contributed by atoms with Crippen molar-refractivity contribution in [1.82, 2.24) is 5.32 Å². The van der Waals surface area contributed by atoms with Crippen LogP contribution in [0.2, 0.25) is 5.02 Å². The van der Waals surface area contributed by atoms with Crippen LogP contribution in [-0.4, -0.2) is 13.1 Å². The third kappa shape index (κ3) is 2.74. The van der Waals surface area contributed by atoms with Gasteiger partial charge in [0.2, 0.25) is 0 Å². The standard InChI is InChI=1S/C13H17ClFN/c1-2-5-16-8-9-6-12(9)11-4-3-10(15)7-13(11)14/h3-4,7,9,12,16H,2,5-6,8H2,1H3. The first-order chi connectivity index (χ1) is 7.72. The molecule has 2 atom stereocenters. The van der Waals surface area contributed by atoms with Crippen molar-refractivity contribution >= 4 is 11.6 Å². The first-order valence-corrected chi connectivity index (χ1v) is 6.25. The Balaban J connectivity index is 1.90. The monoisotopic (exact) mass is 241 g/mol. The molecule has 2 unspecified atom stereocenters. The molecule has 0 radical (unpaired) electrons. The molecule has 0 aliphatic heterocycles. The van der Waals surface area contributed by atoms with E-state index in [1.54, 1.807) is 0 Å². The van der Waals surface area contributed by atoms with E-state index in [4.69, 9.17) is 11.6 Å². The molecule has 0 heterocycles. The highest BCUT2D eigenvalue weighted by molar-refractivity contribution is 6.31. The van der Waals surface area contributed by atoms with Gasteiger partial charge in [-0.3, -0.25) is 0 Å². The summed E-state index contributed by atoms with van der Waals surface area (Å²) in [6, 6.07) is 4.73. The molecule has 0 saturated heterocycles. The third-order valence-corrected chi connectivity index (χ3v) is 3.45. The van der Waals surface area contributed by atoms with Crippen LogP contribution in [0.25, 0.3) is 0 Å². The molecule has 0 bridgehead atoms. The van der Waals surface area contributed by atoms with Crippen LogP contribution in [0.15, 0.2) is 18.2 Å². The Labute approximate surface area is 101 Å². The topological polar surface area (TPSA) is 12.0 Å². The highest BCUT2D eigenvalue weighted by atomic mass is 35.5. The van der Waals surface area contributed by atoms with E-state index in [9.17, 15) is 4.39 Å². The van der Waals surface area contributed by atoms with Crippen LogP contribution in [0.5, 0.6) is 0 Å². The Kier molecular flexibility index (Phi) is 3.82. The predicted molar refractivity (Wildman–Crippen MR) is 65.4 cm³/mol. The van der Waals surface area contributed by atoms with Crippen LogP contribution >= 0.6 is 11.6 Å². The van der Waals surface area contributed by atoms with E-state index in [1.807, 2.05) is 6.07 Å². The molecule has 2 rings (SSSR count). The minimum atomic E-state index is -0.255. The predicted octanol–water partition coefficient (Wildman–Crippen LogP) is 3.58. The lowest BCUT2D eigenvalue weighted by Crippen LogP contribution is -2.17. The Morgan fingerprint density at radius 2 is 2.31 bits per heavy atom. The Morgan fingerprint density at radius 3 is 3.00 bits per heavy atom. The summed E-state index contributed by atoms with van der Waals surface area (Å²) in [5.74, 6) is 0.946. The lowest BCUT2D eigenvalue weighted by atomic mass is 10.1. The fraction of sp³-hybridized carbons (Fsp3) is 0.538. The van der Waals surface area contributed by atoms with E-state index in [0.29, 0.717) is 16.9 Å². The van der Waals surface area contributed by atoms with Crippen molar-refractivity contribution in [2.45, 2.75) is 25.7 Å². The second kappa shape index (κ2) is 5.15. The zero-order chi connectivity index (χ0) is 11.5. The summed E-state index contributed by atoms with van der Waals surface area (Å²) in [6.45, 7) is 4.28. The van der Waals surface area contributed by atoms with Gasteiger partial charge in [-0.15, -0.1) is 0 Å². The first kappa shape index (κ1) is 11.9. The molecule has 1 fully saturated rings. The number of rotatable bonds is 5. The van der Waals surface area contributed by atoms with Gasteiger partial charge < -0.3 is 5.32 Å². The molecule has 1 aromatic rings. The minimum absolute atomic E-state index is 0.255. The van der Waals surface area contributed by atoms with Gasteiger partial charge in [0.25, 0.3) is 0 Å². The smallest absolute Gasteiger partial charge is 0.124 e. The molecule has 1 aliphatic rings. The largest absolute Gasteiger partial charge is 0.316 e. The second-order valence-corrected chi connectivity index (χ2v) is 4.88. The maximum Gasteiger partial charge on any atom is 0.124 e. The van der Waals surface area contributed by atoms with Crippen LogP contribution in [0, 0.1) is 11.7 Å². The van der Waals surface area contributed by atoms with Crippen molar-refractivity contribution in [3.8, 4) is 0 Å². The zero-order valence-corrected chi connectivity index (χ0v) is 10.2. The maximum absolute atomic E-state index is 12.9. The second-order valence-electron chi connectivity index (χ2n) is 4.47. The van der Waals surface area contributed by atoms with Crippen molar-refractivity contribution < 1.29 is 4.39 Å². The quantitative estimate of drug-likeness (QED) is 0.777. The summed E-state index contributed by atoms with van der Waals surface area (Å²) < 4.78 is 12.9. The van der Waals surface area contributed by atoms with E-state index in [0.717, 1.165) is 25.1 Å². The molecule has 0 spiro atoms. The van der Waals surface area contributed by atoms with E-state index >= 15 is 0 Å². The molecule has 88 valence electrons. The lowest BCUT2D eigenvalue weighted by Gasteiger charge is -2.04. The van der Waals surface area contributed by atoms with Crippen molar-refractivity contribution in [2.75, 3.05) is 13.1 Å². The van der Waals surface area contributed by atoms with Gasteiger partial charge >= 0.3 is 0 Å². The first-order valence-electron chi connectivity index (χ1n) is 5.88. The van der Waals surface area contributed by atoms with E-state index < -0.39 is 0 Å². The number of hydrogen-bond donors (Lipinski definition) is 1. The highest BCUT2D eigenvalue weighted by Crippen LogP contribution is 2.49. The van der Waals surface area contributed by atoms with Crippen molar-refractivity contribution in [3.05, 3.63) is 34.6 Å². The molecular formula is C13H17ClFN. The average molecular weight is 242 g/mol. The number of halogens is 2. The Bertz CT molecular complexity index is 367. The van der Waals surface area contributed by atoms with Gasteiger partial charge in [-0.25, -0.2) is 4.39 Å². The summed E-state index contributed by atoms with van der Waals surface area (Å²) in [6.07, 6.45) is 2.33. The van der Waals surface area contributed by atoms with Gasteiger partial charge in [-0.1, -0.05) is 24.6 Å². The van der Waals surface area contributed by atoms with Crippen LogP contribution in [0.3, 0.4) is 0 Å². The molecule has 16 heavy (non-hydrogen) atoms. The molecule has 1 saturated carbocycles. The SMILES string of the molecule is CCCNCC1CC1c1ccc(F)cc1Cl. The fourth-order valence-electron chi connectivity index (χ4n) is 2.12. The summed E-state index contributed by atoms with van der Waals surface area (Å²) >= 11 is 6.03. The van der Waals surface area contributed by atoms with Crippen LogP contribution in [0.4, 0.5) is 4.39 Å². The van der Waals surface area contributed by atoms with E-state index in [2.05, 4.69) is 12.2 Å². The van der Waals surface area contributed by atoms with Crippen molar-refractivity contribution in [1.29, 1.82) is 0 Å². The van der Waals surface area contributed by atoms with Gasteiger partial charge in [-0.2, -0.15) is 0 Å². The molecule has 1 aliphatic carbocycles. The number of nitrogens with one attached hydrogen (secondary N) is 1. The Hall–Kier alpha value is -0.600. The van der Waals surface area contributed by atoms with Gasteiger partial charge in [0.15, 0.2) is 0 Å². The summed E-state index contributed by atoms with van der Waals surface area (Å²) in [5.41, 5.74) is 1.10. The van der Waals surface area contributed by atoms with Crippen LogP contribution in [-0.2, 0) is 0 Å². The van der Waals surface area contributed by atoms with Crippen molar-refractivity contribution in [3.63, 3.8) is 0 Å². The van der Waals surface area contributed by atoms with Crippen LogP contribution < -0.4 is 5.32 Å². The fourth-order valence-corrected chi connectivity index (χ4v) is 2.43. The number of hydrogen-bond acceptors (Lipinski definition) is 1. The van der Waals surface area contributed by atoms with Gasteiger partial charge in [-0.05, 0) is 55.5 Å². The van der Waals surface area contributed by atoms with Gasteiger partial charge in [0.1, 0.15) is 5.82 Å². The van der Waals surface area contributed by atoms with Crippen LogP contribution in [0.1, 0.15) is 31.2 Å². The van der Waals surface area contributed by atoms with E-state index in [-0.39, 0.29) is 5.82 Å². The molecule has 0 aromatic heterocycles. The zero-order valence-electron chi connectivity index (χ0n) is 9.47.